The minimum absolute atomic E-state index is 0.0476. The Morgan fingerprint density at radius 3 is 2.21 bits per heavy atom. The van der Waals surface area contributed by atoms with Gasteiger partial charge in [0.25, 0.3) is 0 Å². The molecule has 0 heterocycles. The summed E-state index contributed by atoms with van der Waals surface area (Å²) in [5.74, 6) is 5.66. The molecule has 3 nitrogen and oxygen atoms in total. The number of rotatable bonds is 4. The predicted molar refractivity (Wildman–Crippen MR) is 111 cm³/mol. The molecule has 0 aromatic heterocycles. The molecule has 3 aromatic rings. The van der Waals surface area contributed by atoms with Crippen molar-refractivity contribution in [1.82, 2.24) is 5.32 Å². The molecule has 0 bridgehead atoms. The number of ether oxygens (including phenoxy) is 1. The first-order valence-electron chi connectivity index (χ1n) is 9.55. The van der Waals surface area contributed by atoms with E-state index in [1.165, 1.54) is 34.4 Å². The van der Waals surface area contributed by atoms with Crippen LogP contribution in [0.2, 0.25) is 0 Å². The molecule has 4 rings (SSSR count). The van der Waals surface area contributed by atoms with Gasteiger partial charge in [-0.2, -0.15) is 0 Å². The highest BCUT2D eigenvalue weighted by Crippen LogP contribution is 2.44. The maximum atomic E-state index is 12.9. The van der Waals surface area contributed by atoms with E-state index in [9.17, 15) is 9.18 Å². The van der Waals surface area contributed by atoms with Crippen LogP contribution in [0, 0.1) is 17.7 Å². The molecule has 1 aliphatic carbocycles. The molecule has 0 atom stereocenters. The van der Waals surface area contributed by atoms with Crippen molar-refractivity contribution in [2.75, 3.05) is 13.2 Å². The van der Waals surface area contributed by atoms with E-state index < -0.39 is 6.09 Å². The van der Waals surface area contributed by atoms with Gasteiger partial charge in [-0.15, -0.1) is 0 Å². The summed E-state index contributed by atoms with van der Waals surface area (Å²) in [6.45, 7) is 0.686. The highest BCUT2D eigenvalue weighted by Gasteiger charge is 2.28. The maximum Gasteiger partial charge on any atom is 0.407 e. The first-order chi connectivity index (χ1) is 14.2. The summed E-state index contributed by atoms with van der Waals surface area (Å²) in [6, 6.07) is 22.5. The van der Waals surface area contributed by atoms with Gasteiger partial charge in [0.2, 0.25) is 0 Å². The van der Waals surface area contributed by atoms with Crippen LogP contribution in [0.3, 0.4) is 0 Å². The van der Waals surface area contributed by atoms with Gasteiger partial charge in [-0.25, -0.2) is 9.18 Å². The van der Waals surface area contributed by atoms with Crippen LogP contribution >= 0.6 is 0 Å². The zero-order valence-electron chi connectivity index (χ0n) is 15.8. The summed E-state index contributed by atoms with van der Waals surface area (Å²) in [4.78, 5) is 12.1. The summed E-state index contributed by atoms with van der Waals surface area (Å²) in [7, 11) is 0. The van der Waals surface area contributed by atoms with Crippen molar-refractivity contribution >= 4 is 6.09 Å². The minimum Gasteiger partial charge on any atom is -0.449 e. The lowest BCUT2D eigenvalue weighted by atomic mass is 9.98. The monoisotopic (exact) mass is 385 g/mol. The van der Waals surface area contributed by atoms with Crippen molar-refractivity contribution in [2.24, 2.45) is 0 Å². The van der Waals surface area contributed by atoms with Crippen molar-refractivity contribution in [3.8, 4) is 23.0 Å². The molecule has 0 fully saturated rings. The average Bonchev–Trinajstić information content (AvgIpc) is 3.07. The summed E-state index contributed by atoms with van der Waals surface area (Å²) < 4.78 is 18.3. The van der Waals surface area contributed by atoms with E-state index in [0.717, 1.165) is 5.56 Å². The number of nitrogens with one attached hydrogen (secondary N) is 1. The average molecular weight is 385 g/mol. The number of benzene rings is 3. The molecule has 29 heavy (non-hydrogen) atoms. The van der Waals surface area contributed by atoms with Gasteiger partial charge in [-0.05, 0) is 46.5 Å². The van der Waals surface area contributed by atoms with Gasteiger partial charge >= 0.3 is 6.09 Å². The van der Waals surface area contributed by atoms with Crippen molar-refractivity contribution in [3.05, 3.63) is 95.3 Å². The van der Waals surface area contributed by atoms with E-state index >= 15 is 0 Å². The maximum absolute atomic E-state index is 12.9. The summed E-state index contributed by atoms with van der Waals surface area (Å²) in [6.07, 6.45) is 0.0390. The third kappa shape index (κ3) is 4.30. The quantitative estimate of drug-likeness (QED) is 0.501. The highest BCUT2D eigenvalue weighted by molar-refractivity contribution is 5.79. The number of hydrogen-bond acceptors (Lipinski definition) is 2. The third-order valence-corrected chi connectivity index (χ3v) is 4.94. The van der Waals surface area contributed by atoms with E-state index in [0.29, 0.717) is 19.6 Å². The van der Waals surface area contributed by atoms with Gasteiger partial charge in [0.15, 0.2) is 0 Å². The SMILES string of the molecule is O=C(NCCC#Cc1ccc(F)cc1)OCC1c2ccccc2-c2ccccc21. The Balaban J connectivity index is 1.29. The zero-order chi connectivity index (χ0) is 20.1. The molecule has 1 amide bonds. The van der Waals surface area contributed by atoms with Gasteiger partial charge in [-0.1, -0.05) is 60.4 Å². The first-order valence-corrected chi connectivity index (χ1v) is 9.55. The van der Waals surface area contributed by atoms with Gasteiger partial charge in [0, 0.05) is 24.4 Å². The zero-order valence-corrected chi connectivity index (χ0v) is 15.8. The Morgan fingerprint density at radius 1 is 0.931 bits per heavy atom. The number of fused-ring (bicyclic) bond motifs is 3. The number of hydrogen-bond donors (Lipinski definition) is 1. The Kier molecular flexibility index (Phi) is 5.58. The standard InChI is InChI=1S/C25H20FNO2/c26-19-14-12-18(13-15-19)7-5-6-16-27-25(28)29-17-24-22-10-3-1-8-20(22)21-9-2-4-11-23(21)24/h1-4,8-15,24H,6,16-17H2,(H,27,28). The van der Waals surface area contributed by atoms with Gasteiger partial charge in [0.05, 0.1) is 0 Å². The molecule has 0 radical (unpaired) electrons. The molecule has 4 heteroatoms. The van der Waals surface area contributed by atoms with Crippen molar-refractivity contribution < 1.29 is 13.9 Å². The van der Waals surface area contributed by atoms with Crippen molar-refractivity contribution in [1.29, 1.82) is 0 Å². The second kappa shape index (κ2) is 8.62. The fourth-order valence-electron chi connectivity index (χ4n) is 3.57. The third-order valence-electron chi connectivity index (χ3n) is 4.94. The molecule has 0 spiro atoms. The Morgan fingerprint density at radius 2 is 1.55 bits per heavy atom. The largest absolute Gasteiger partial charge is 0.449 e. The summed E-state index contributed by atoms with van der Waals surface area (Å²) in [5.41, 5.74) is 5.52. The van der Waals surface area contributed by atoms with E-state index in [2.05, 4.69) is 41.4 Å². The van der Waals surface area contributed by atoms with Crippen LogP contribution in [0.15, 0.2) is 72.8 Å². The molecule has 0 unspecified atom stereocenters. The lowest BCUT2D eigenvalue weighted by Crippen LogP contribution is -2.26. The van der Waals surface area contributed by atoms with Crippen LogP contribution in [0.1, 0.15) is 29.0 Å². The van der Waals surface area contributed by atoms with Crippen molar-refractivity contribution in [2.45, 2.75) is 12.3 Å². The highest BCUT2D eigenvalue weighted by atomic mass is 19.1. The predicted octanol–water partition coefficient (Wildman–Crippen LogP) is 5.11. The van der Waals surface area contributed by atoms with E-state index in [1.54, 1.807) is 12.1 Å². The Labute approximate surface area is 169 Å². The van der Waals surface area contributed by atoms with Crippen LogP contribution < -0.4 is 5.32 Å². The topological polar surface area (TPSA) is 38.3 Å². The first kappa shape index (κ1) is 18.8. The van der Waals surface area contributed by atoms with Crippen LogP contribution in [0.5, 0.6) is 0 Å². The van der Waals surface area contributed by atoms with Gasteiger partial charge in [0.1, 0.15) is 12.4 Å². The summed E-state index contributed by atoms with van der Waals surface area (Å²) >= 11 is 0. The Hall–Kier alpha value is -3.58. The summed E-state index contributed by atoms with van der Waals surface area (Å²) in [5, 5.41) is 2.73. The van der Waals surface area contributed by atoms with Gasteiger partial charge in [-0.3, -0.25) is 0 Å². The lowest BCUT2D eigenvalue weighted by Gasteiger charge is -2.14. The number of carbonyl (C=O) groups excluding carboxylic acids is 1. The smallest absolute Gasteiger partial charge is 0.407 e. The molecular formula is C25H20FNO2. The van der Waals surface area contributed by atoms with Crippen molar-refractivity contribution in [3.63, 3.8) is 0 Å². The van der Waals surface area contributed by atoms with Crippen LogP contribution in [0.4, 0.5) is 9.18 Å². The molecule has 1 N–H and O–H groups in total. The molecule has 3 aromatic carbocycles. The normalized spacial score (nSPS) is 11.8. The van der Waals surface area contributed by atoms with Crippen LogP contribution in [-0.2, 0) is 4.74 Å². The fourth-order valence-corrected chi connectivity index (χ4v) is 3.57. The second-order valence-electron chi connectivity index (χ2n) is 6.81. The molecule has 0 saturated carbocycles. The molecule has 144 valence electrons. The second-order valence-corrected chi connectivity index (χ2v) is 6.81. The van der Waals surface area contributed by atoms with Gasteiger partial charge < -0.3 is 10.1 Å². The Bertz CT molecular complexity index is 1030. The molecule has 0 saturated heterocycles. The number of alkyl carbamates (subject to hydrolysis) is 1. The van der Waals surface area contributed by atoms with Crippen LogP contribution in [0.25, 0.3) is 11.1 Å². The molecular weight excluding hydrogens is 365 g/mol. The van der Waals surface area contributed by atoms with E-state index in [1.807, 2.05) is 24.3 Å². The molecule has 0 aliphatic heterocycles. The van der Waals surface area contributed by atoms with E-state index in [-0.39, 0.29) is 11.7 Å². The van der Waals surface area contributed by atoms with Crippen LogP contribution in [-0.4, -0.2) is 19.2 Å². The number of carbonyl (C=O) groups is 1. The lowest BCUT2D eigenvalue weighted by molar-refractivity contribution is 0.143. The number of amides is 1. The fraction of sp³-hybridized carbons (Fsp3) is 0.160. The minimum atomic E-state index is -0.449. The number of halogens is 1. The van der Waals surface area contributed by atoms with E-state index in [4.69, 9.17) is 4.74 Å². The molecule has 1 aliphatic rings.